The minimum atomic E-state index is -0.857. The molecule has 0 radical (unpaired) electrons. The van der Waals surface area contributed by atoms with Crippen LogP contribution in [0.1, 0.15) is 27.6 Å². The van der Waals surface area contributed by atoms with Gasteiger partial charge in [-0.25, -0.2) is 9.59 Å². The van der Waals surface area contributed by atoms with E-state index in [-0.39, 0.29) is 11.4 Å². The van der Waals surface area contributed by atoms with Crippen LogP contribution in [-0.4, -0.2) is 41.2 Å². The van der Waals surface area contributed by atoms with E-state index in [0.717, 1.165) is 9.13 Å². The highest BCUT2D eigenvalue weighted by molar-refractivity contribution is 6.02. The Hall–Kier alpha value is -3.56. The third-order valence-electron chi connectivity index (χ3n) is 4.02. The normalized spacial score (nSPS) is 10.4. The highest BCUT2D eigenvalue weighted by atomic mass is 16.5. The van der Waals surface area contributed by atoms with Gasteiger partial charge in [-0.3, -0.25) is 18.7 Å². The molecule has 0 amide bonds. The summed E-state index contributed by atoms with van der Waals surface area (Å²) >= 11 is 0. The van der Waals surface area contributed by atoms with Crippen molar-refractivity contribution in [2.24, 2.45) is 14.1 Å². The van der Waals surface area contributed by atoms with E-state index >= 15 is 0 Å². The van der Waals surface area contributed by atoms with E-state index in [0.29, 0.717) is 18.1 Å². The van der Waals surface area contributed by atoms with Gasteiger partial charge in [-0.15, -0.1) is 0 Å². The van der Waals surface area contributed by atoms with Gasteiger partial charge in [0.05, 0.1) is 19.3 Å². The molecular weight excluding hydrogens is 370 g/mol. The van der Waals surface area contributed by atoms with Crippen LogP contribution in [0, 0.1) is 0 Å². The second-order valence-electron chi connectivity index (χ2n) is 5.76. The average Bonchev–Trinajstić information content (AvgIpc) is 2.69. The third kappa shape index (κ3) is 3.90. The molecule has 1 aromatic carbocycles. The number of Topliss-reactive ketones (excluding diaryl/α,β-unsaturated/α-hetero) is 1. The van der Waals surface area contributed by atoms with Crippen LogP contribution in [0.2, 0.25) is 0 Å². The second kappa shape index (κ2) is 8.42. The van der Waals surface area contributed by atoms with Crippen molar-refractivity contribution in [1.82, 2.24) is 9.13 Å². The summed E-state index contributed by atoms with van der Waals surface area (Å²) in [6.45, 7) is 1.51. The van der Waals surface area contributed by atoms with Crippen LogP contribution < -0.4 is 26.5 Å². The first-order valence-corrected chi connectivity index (χ1v) is 8.29. The molecule has 0 fully saturated rings. The molecule has 150 valence electrons. The quantitative estimate of drug-likeness (QED) is 0.520. The molecule has 0 aliphatic rings. The van der Waals surface area contributed by atoms with Gasteiger partial charge in [0.2, 0.25) is 5.78 Å². The van der Waals surface area contributed by atoms with Crippen molar-refractivity contribution in [3.05, 3.63) is 50.2 Å². The van der Waals surface area contributed by atoms with Crippen LogP contribution in [0.4, 0.5) is 5.82 Å². The number of aromatic nitrogens is 2. The molecule has 0 atom stereocenters. The maximum Gasteiger partial charge on any atom is 0.338 e. The lowest BCUT2D eigenvalue weighted by Gasteiger charge is -2.12. The van der Waals surface area contributed by atoms with Gasteiger partial charge < -0.3 is 19.9 Å². The number of anilines is 1. The number of carbonyl (C=O) groups excluding carboxylic acids is 2. The highest BCUT2D eigenvalue weighted by Gasteiger charge is 2.22. The lowest BCUT2D eigenvalue weighted by atomic mass is 10.2. The van der Waals surface area contributed by atoms with Crippen LogP contribution >= 0.6 is 0 Å². The number of methoxy groups -OCH3 is 1. The van der Waals surface area contributed by atoms with E-state index in [4.69, 9.17) is 19.9 Å². The van der Waals surface area contributed by atoms with Crippen molar-refractivity contribution in [1.29, 1.82) is 0 Å². The fourth-order valence-corrected chi connectivity index (χ4v) is 2.48. The summed E-state index contributed by atoms with van der Waals surface area (Å²) in [6.07, 6.45) is 0. The van der Waals surface area contributed by atoms with Crippen molar-refractivity contribution < 1.29 is 23.8 Å². The number of ketones is 1. The van der Waals surface area contributed by atoms with Crippen LogP contribution in [0.25, 0.3) is 0 Å². The monoisotopic (exact) mass is 391 g/mol. The van der Waals surface area contributed by atoms with Crippen molar-refractivity contribution in [2.75, 3.05) is 26.1 Å². The molecule has 10 heteroatoms. The number of nitrogens with zero attached hydrogens (tertiary/aromatic N) is 2. The fraction of sp³-hybridized carbons (Fsp3) is 0.333. The van der Waals surface area contributed by atoms with Crippen molar-refractivity contribution >= 4 is 17.6 Å². The number of ether oxygens (including phenoxy) is 3. The second-order valence-corrected chi connectivity index (χ2v) is 5.76. The third-order valence-corrected chi connectivity index (χ3v) is 4.02. The predicted octanol–water partition coefficient (Wildman–Crippen LogP) is 0.113. The smallest absolute Gasteiger partial charge is 0.338 e. The lowest BCUT2D eigenvalue weighted by Crippen LogP contribution is -2.42. The number of nitrogen functional groups attached to an aromatic ring is 1. The molecular formula is C18H21N3O7. The summed E-state index contributed by atoms with van der Waals surface area (Å²) < 4.78 is 17.2. The van der Waals surface area contributed by atoms with Crippen LogP contribution in [0.5, 0.6) is 11.5 Å². The molecule has 0 aliphatic heterocycles. The zero-order valence-corrected chi connectivity index (χ0v) is 16.0. The van der Waals surface area contributed by atoms with Crippen molar-refractivity contribution in [2.45, 2.75) is 6.92 Å². The van der Waals surface area contributed by atoms with Gasteiger partial charge in [-0.1, -0.05) is 0 Å². The van der Waals surface area contributed by atoms with Crippen LogP contribution in [-0.2, 0) is 18.8 Å². The molecule has 0 spiro atoms. The molecule has 2 aromatic rings. The Morgan fingerprint density at radius 1 is 1.11 bits per heavy atom. The first-order chi connectivity index (χ1) is 13.2. The first kappa shape index (κ1) is 20.7. The Morgan fingerprint density at radius 2 is 1.79 bits per heavy atom. The SMILES string of the molecule is CCOc1ccc(C(=O)OCC(=O)c2c(N)n(C)c(=O)n(C)c2=O)cc1OC. The summed E-state index contributed by atoms with van der Waals surface area (Å²) in [5.74, 6) is -1.12. The maximum atomic E-state index is 12.4. The largest absolute Gasteiger partial charge is 0.493 e. The van der Waals surface area contributed by atoms with Crippen LogP contribution in [0.3, 0.4) is 0 Å². The van der Waals surface area contributed by atoms with E-state index in [1.807, 2.05) is 6.92 Å². The number of rotatable bonds is 7. The highest BCUT2D eigenvalue weighted by Crippen LogP contribution is 2.28. The minimum absolute atomic E-state index is 0.134. The molecule has 0 bridgehead atoms. The molecule has 0 saturated heterocycles. The molecule has 1 heterocycles. The molecule has 10 nitrogen and oxygen atoms in total. The topological polar surface area (TPSA) is 132 Å². The van der Waals surface area contributed by atoms with Gasteiger partial charge in [0.1, 0.15) is 11.4 Å². The minimum Gasteiger partial charge on any atom is -0.493 e. The number of carbonyl (C=O) groups is 2. The van der Waals surface area contributed by atoms with Crippen LogP contribution in [0.15, 0.2) is 27.8 Å². The molecule has 1 aromatic heterocycles. The van der Waals surface area contributed by atoms with E-state index < -0.39 is 35.2 Å². The first-order valence-electron chi connectivity index (χ1n) is 8.29. The van der Waals surface area contributed by atoms with Crippen molar-refractivity contribution in [3.63, 3.8) is 0 Å². The number of hydrogen-bond donors (Lipinski definition) is 1. The van der Waals surface area contributed by atoms with Gasteiger partial charge in [-0.05, 0) is 25.1 Å². The van der Waals surface area contributed by atoms with E-state index in [1.165, 1.54) is 33.3 Å². The Labute approximate surface area is 160 Å². The van der Waals surface area contributed by atoms with E-state index in [1.54, 1.807) is 6.07 Å². The number of nitrogens with two attached hydrogens (primary N) is 1. The standard InChI is InChI=1S/C18H21N3O7/c1-5-27-12-7-6-10(8-13(12)26-4)17(24)28-9-11(22)14-15(19)20(2)18(25)21(3)16(14)23/h6-8H,5,9,19H2,1-4H3. The molecule has 0 unspecified atom stereocenters. The summed E-state index contributed by atoms with van der Waals surface area (Å²) in [5, 5.41) is 0. The molecule has 2 N–H and O–H groups in total. The number of benzene rings is 1. The summed E-state index contributed by atoms with van der Waals surface area (Å²) in [7, 11) is 3.97. The lowest BCUT2D eigenvalue weighted by molar-refractivity contribution is 0.0474. The summed E-state index contributed by atoms with van der Waals surface area (Å²) in [6, 6.07) is 4.42. The Balaban J connectivity index is 2.21. The summed E-state index contributed by atoms with van der Waals surface area (Å²) in [5.41, 5.74) is 3.91. The van der Waals surface area contributed by atoms with Gasteiger partial charge in [0, 0.05) is 14.1 Å². The van der Waals surface area contributed by atoms with Gasteiger partial charge >= 0.3 is 11.7 Å². The summed E-state index contributed by atoms with van der Waals surface area (Å²) in [4.78, 5) is 48.6. The Kier molecular flexibility index (Phi) is 6.24. The molecule has 28 heavy (non-hydrogen) atoms. The predicted molar refractivity (Wildman–Crippen MR) is 100 cm³/mol. The molecule has 0 aliphatic carbocycles. The Bertz CT molecular complexity index is 1040. The fourth-order valence-electron chi connectivity index (χ4n) is 2.48. The zero-order valence-electron chi connectivity index (χ0n) is 16.0. The zero-order chi connectivity index (χ0) is 21.0. The van der Waals surface area contributed by atoms with Gasteiger partial charge in [-0.2, -0.15) is 0 Å². The maximum absolute atomic E-state index is 12.4. The molecule has 0 saturated carbocycles. The number of hydrogen-bond acceptors (Lipinski definition) is 8. The Morgan fingerprint density at radius 3 is 2.39 bits per heavy atom. The number of esters is 1. The average molecular weight is 391 g/mol. The van der Waals surface area contributed by atoms with E-state index in [2.05, 4.69) is 0 Å². The molecule has 2 rings (SSSR count). The van der Waals surface area contributed by atoms with Gasteiger partial charge in [0.25, 0.3) is 5.56 Å². The van der Waals surface area contributed by atoms with Crippen molar-refractivity contribution in [3.8, 4) is 11.5 Å². The van der Waals surface area contributed by atoms with Gasteiger partial charge in [0.15, 0.2) is 18.1 Å². The van der Waals surface area contributed by atoms with E-state index in [9.17, 15) is 19.2 Å².